The normalized spacial score (nSPS) is 18.3. The molecule has 0 spiro atoms. The molecule has 1 amide bonds. The Morgan fingerprint density at radius 2 is 2.00 bits per heavy atom. The van der Waals surface area contributed by atoms with Gasteiger partial charge in [0.15, 0.2) is 0 Å². The largest absolute Gasteiger partial charge is 0.342 e. The van der Waals surface area contributed by atoms with Crippen LogP contribution in [0.5, 0.6) is 0 Å². The predicted octanol–water partition coefficient (Wildman–Crippen LogP) is 4.67. The third-order valence-electron chi connectivity index (χ3n) is 5.41. The van der Waals surface area contributed by atoms with Gasteiger partial charge in [0.25, 0.3) is 5.91 Å². The molecule has 4 rings (SSSR count). The molecule has 0 bridgehead atoms. The van der Waals surface area contributed by atoms with Gasteiger partial charge in [-0.05, 0) is 43.5 Å². The fraction of sp³-hybridized carbons (Fsp3) is 0.304. The number of hydrogen-bond acceptors (Lipinski definition) is 4. The van der Waals surface area contributed by atoms with Gasteiger partial charge in [-0.25, -0.2) is 9.37 Å². The van der Waals surface area contributed by atoms with Gasteiger partial charge in [-0.2, -0.15) is 0 Å². The average molecular weight is 410 g/mol. The Bertz CT molecular complexity index is 932. The van der Waals surface area contributed by atoms with E-state index in [1.807, 2.05) is 47.8 Å². The van der Waals surface area contributed by atoms with Crippen LogP contribution in [0.3, 0.4) is 0 Å². The second-order valence-corrected chi connectivity index (χ2v) is 8.34. The van der Waals surface area contributed by atoms with E-state index in [0.717, 1.165) is 30.9 Å². The van der Waals surface area contributed by atoms with Crippen LogP contribution in [0.2, 0.25) is 0 Å². The molecule has 4 nitrogen and oxygen atoms in total. The minimum absolute atomic E-state index is 0.0861. The first-order valence-corrected chi connectivity index (χ1v) is 10.8. The number of benzene rings is 2. The SMILES string of the molecule is O=C(N[C@@H](c1nccs1)[C@@H]1CCCN(Cc2ccccc2F)C1)c1ccccc1. The number of amides is 1. The van der Waals surface area contributed by atoms with E-state index in [0.29, 0.717) is 17.7 Å². The maximum absolute atomic E-state index is 14.1. The predicted molar refractivity (Wildman–Crippen MR) is 113 cm³/mol. The molecule has 1 saturated heterocycles. The van der Waals surface area contributed by atoms with E-state index >= 15 is 0 Å². The zero-order chi connectivity index (χ0) is 20.1. The molecule has 0 unspecified atom stereocenters. The molecule has 1 aromatic heterocycles. The summed E-state index contributed by atoms with van der Waals surface area (Å²) in [5.41, 5.74) is 1.36. The van der Waals surface area contributed by atoms with Gasteiger partial charge in [-0.15, -0.1) is 11.3 Å². The van der Waals surface area contributed by atoms with Crippen molar-refractivity contribution < 1.29 is 9.18 Å². The molecule has 0 aliphatic carbocycles. The van der Waals surface area contributed by atoms with E-state index in [2.05, 4.69) is 15.2 Å². The van der Waals surface area contributed by atoms with E-state index in [1.165, 1.54) is 6.07 Å². The van der Waals surface area contributed by atoms with E-state index < -0.39 is 0 Å². The second kappa shape index (κ2) is 9.29. The van der Waals surface area contributed by atoms with Gasteiger partial charge in [0.1, 0.15) is 10.8 Å². The van der Waals surface area contributed by atoms with Crippen molar-refractivity contribution in [2.45, 2.75) is 25.4 Å². The summed E-state index contributed by atoms with van der Waals surface area (Å²) in [7, 11) is 0. The van der Waals surface area contributed by atoms with Crippen LogP contribution in [-0.2, 0) is 6.54 Å². The number of aromatic nitrogens is 1. The van der Waals surface area contributed by atoms with Gasteiger partial charge in [-0.3, -0.25) is 9.69 Å². The quantitative estimate of drug-likeness (QED) is 0.644. The molecular weight excluding hydrogens is 385 g/mol. The van der Waals surface area contributed by atoms with Crippen molar-refractivity contribution in [3.05, 3.63) is 88.1 Å². The van der Waals surface area contributed by atoms with Crippen LogP contribution in [0.15, 0.2) is 66.2 Å². The van der Waals surface area contributed by atoms with Crippen LogP contribution in [0.1, 0.15) is 39.8 Å². The molecule has 1 aliphatic rings. The molecule has 0 radical (unpaired) electrons. The highest BCUT2D eigenvalue weighted by atomic mass is 32.1. The number of hydrogen-bond donors (Lipinski definition) is 1. The molecule has 2 aromatic carbocycles. The molecule has 6 heteroatoms. The van der Waals surface area contributed by atoms with Crippen LogP contribution in [-0.4, -0.2) is 28.9 Å². The summed E-state index contributed by atoms with van der Waals surface area (Å²) >= 11 is 1.57. The molecule has 150 valence electrons. The Morgan fingerprint density at radius 1 is 1.21 bits per heavy atom. The van der Waals surface area contributed by atoms with Crippen molar-refractivity contribution >= 4 is 17.2 Å². The lowest BCUT2D eigenvalue weighted by Crippen LogP contribution is -2.42. The fourth-order valence-electron chi connectivity index (χ4n) is 3.96. The van der Waals surface area contributed by atoms with Crippen LogP contribution in [0.4, 0.5) is 4.39 Å². The van der Waals surface area contributed by atoms with Crippen LogP contribution >= 0.6 is 11.3 Å². The maximum atomic E-state index is 14.1. The maximum Gasteiger partial charge on any atom is 0.251 e. The van der Waals surface area contributed by atoms with E-state index in [-0.39, 0.29) is 23.7 Å². The van der Waals surface area contributed by atoms with Gasteiger partial charge < -0.3 is 5.32 Å². The molecule has 2 atom stereocenters. The van der Waals surface area contributed by atoms with Crippen molar-refractivity contribution in [1.82, 2.24) is 15.2 Å². The van der Waals surface area contributed by atoms with Crippen LogP contribution in [0.25, 0.3) is 0 Å². The third-order valence-corrected chi connectivity index (χ3v) is 6.26. The number of carbonyl (C=O) groups is 1. The summed E-state index contributed by atoms with van der Waals surface area (Å²) in [5.74, 6) is -0.0187. The Kier molecular flexibility index (Phi) is 6.32. The topological polar surface area (TPSA) is 45.2 Å². The van der Waals surface area contributed by atoms with Crippen LogP contribution in [0, 0.1) is 11.7 Å². The second-order valence-electron chi connectivity index (χ2n) is 7.42. The summed E-state index contributed by atoms with van der Waals surface area (Å²) in [4.78, 5) is 19.6. The number of nitrogens with zero attached hydrogens (tertiary/aromatic N) is 2. The summed E-state index contributed by atoms with van der Waals surface area (Å²) in [5, 5.41) is 6.07. The molecule has 1 N–H and O–H groups in total. The van der Waals surface area contributed by atoms with Crippen molar-refractivity contribution in [1.29, 1.82) is 0 Å². The Labute approximate surface area is 174 Å². The Hall–Kier alpha value is -2.57. The highest BCUT2D eigenvalue weighted by Gasteiger charge is 2.31. The highest BCUT2D eigenvalue weighted by Crippen LogP contribution is 2.32. The van der Waals surface area contributed by atoms with E-state index in [4.69, 9.17) is 0 Å². The van der Waals surface area contributed by atoms with Crippen molar-refractivity contribution in [2.24, 2.45) is 5.92 Å². The monoisotopic (exact) mass is 409 g/mol. The molecule has 1 aliphatic heterocycles. The molecule has 29 heavy (non-hydrogen) atoms. The number of thiazole rings is 1. The smallest absolute Gasteiger partial charge is 0.251 e. The number of halogens is 1. The average Bonchev–Trinajstić information content (AvgIpc) is 3.29. The van der Waals surface area contributed by atoms with Crippen molar-refractivity contribution in [3.8, 4) is 0 Å². The summed E-state index contributed by atoms with van der Waals surface area (Å²) < 4.78 is 14.1. The highest BCUT2D eigenvalue weighted by molar-refractivity contribution is 7.09. The number of piperidine rings is 1. The number of nitrogens with one attached hydrogen (secondary N) is 1. The lowest BCUT2D eigenvalue weighted by molar-refractivity contribution is 0.0877. The minimum Gasteiger partial charge on any atom is -0.342 e. The van der Waals surface area contributed by atoms with Gasteiger partial charge in [0.2, 0.25) is 0 Å². The van der Waals surface area contributed by atoms with Gasteiger partial charge in [0.05, 0.1) is 6.04 Å². The summed E-state index contributed by atoms with van der Waals surface area (Å²) in [6.07, 6.45) is 3.80. The van der Waals surface area contributed by atoms with Gasteiger partial charge in [-0.1, -0.05) is 36.4 Å². The standard InChI is InChI=1S/C23H24FN3OS/c24-20-11-5-4-9-18(20)15-27-13-6-10-19(16-27)21(23-25-12-14-29-23)26-22(28)17-7-2-1-3-8-17/h1-5,7-9,11-12,14,19,21H,6,10,13,15-16H2,(H,26,28)/t19-,21-/m1/s1. The lowest BCUT2D eigenvalue weighted by atomic mass is 9.90. The lowest BCUT2D eigenvalue weighted by Gasteiger charge is -2.36. The molecule has 3 aromatic rings. The summed E-state index contributed by atoms with van der Waals surface area (Å²) in [6, 6.07) is 16.1. The van der Waals surface area contributed by atoms with E-state index in [1.54, 1.807) is 23.6 Å². The summed E-state index contributed by atoms with van der Waals surface area (Å²) in [6.45, 7) is 2.32. The van der Waals surface area contributed by atoms with Crippen LogP contribution < -0.4 is 5.32 Å². The first-order valence-electron chi connectivity index (χ1n) is 9.92. The minimum atomic E-state index is -0.163. The van der Waals surface area contributed by atoms with Gasteiger partial charge >= 0.3 is 0 Å². The molecular formula is C23H24FN3OS. The van der Waals surface area contributed by atoms with Crippen molar-refractivity contribution in [2.75, 3.05) is 13.1 Å². The molecule has 2 heterocycles. The first kappa shape index (κ1) is 19.7. The van der Waals surface area contributed by atoms with Crippen molar-refractivity contribution in [3.63, 3.8) is 0 Å². The zero-order valence-corrected chi connectivity index (χ0v) is 16.9. The number of carbonyl (C=O) groups excluding carboxylic acids is 1. The first-order chi connectivity index (χ1) is 14.2. The molecule has 0 saturated carbocycles. The Morgan fingerprint density at radius 3 is 2.76 bits per heavy atom. The molecule has 1 fully saturated rings. The number of rotatable bonds is 6. The third kappa shape index (κ3) is 4.89. The zero-order valence-electron chi connectivity index (χ0n) is 16.1. The fourth-order valence-corrected chi connectivity index (χ4v) is 4.74. The van der Waals surface area contributed by atoms with E-state index in [9.17, 15) is 9.18 Å². The number of likely N-dealkylation sites (tertiary alicyclic amines) is 1. The Balaban J connectivity index is 1.50. The van der Waals surface area contributed by atoms with Gasteiger partial charge in [0, 0.05) is 35.8 Å².